The number of hydrogen-bond donors (Lipinski definition) is 2. The third-order valence-electron chi connectivity index (χ3n) is 11.3. The van der Waals surface area contributed by atoms with Gasteiger partial charge in [0.25, 0.3) is 0 Å². The number of unbranched alkanes of at least 4 members (excludes halogenated alkanes) is 2. The third-order valence-corrected chi connectivity index (χ3v) is 13.6. The molecule has 1 fully saturated rings. The monoisotopic (exact) mass is 793 g/mol. The Morgan fingerprint density at radius 1 is 0.893 bits per heavy atom. The summed E-state index contributed by atoms with van der Waals surface area (Å²) in [5.41, 5.74) is 3.20. The number of fused-ring (bicyclic) bond motifs is 3. The van der Waals surface area contributed by atoms with Crippen molar-refractivity contribution in [1.29, 1.82) is 0 Å². The van der Waals surface area contributed by atoms with Gasteiger partial charge in [0.05, 0.1) is 30.1 Å². The first kappa shape index (κ1) is 40.5. The lowest BCUT2D eigenvalue weighted by Gasteiger charge is -2.58. The lowest BCUT2D eigenvalue weighted by molar-refractivity contribution is -0.223. The highest BCUT2D eigenvalue weighted by Gasteiger charge is 2.64. The maximum atomic E-state index is 9.92. The largest absolute Gasteiger partial charge is 0.493 e. The van der Waals surface area contributed by atoms with Gasteiger partial charge in [0, 0.05) is 46.7 Å². The average Bonchev–Trinajstić information content (AvgIpc) is 3.23. The first-order valence-corrected chi connectivity index (χ1v) is 22.1. The summed E-state index contributed by atoms with van der Waals surface area (Å²) in [6.45, 7) is 7.75. The molecule has 3 aliphatic rings. The van der Waals surface area contributed by atoms with Crippen molar-refractivity contribution in [3.05, 3.63) is 121 Å². The Morgan fingerprint density at radius 3 is 2.46 bits per heavy atom. The van der Waals surface area contributed by atoms with Crippen LogP contribution in [0.4, 0.5) is 0 Å². The number of thioether (sulfide) groups is 2. The van der Waals surface area contributed by atoms with Gasteiger partial charge < -0.3 is 29.3 Å². The molecule has 0 spiro atoms. The molecule has 0 amide bonds. The summed E-state index contributed by atoms with van der Waals surface area (Å²) >= 11 is 3.57. The first-order chi connectivity index (χ1) is 27.6. The Balaban J connectivity index is 1.34. The highest BCUT2D eigenvalue weighted by Crippen LogP contribution is 2.63. The van der Waals surface area contributed by atoms with Crippen molar-refractivity contribution in [3.8, 4) is 11.5 Å². The Bertz CT molecular complexity index is 1970. The van der Waals surface area contributed by atoms with Crippen LogP contribution in [0.15, 0.2) is 130 Å². The molecule has 0 unspecified atom stereocenters. The molecular formula is C47H55NO6S2. The second-order valence-corrected chi connectivity index (χ2v) is 17.2. The minimum Gasteiger partial charge on any atom is -0.493 e. The zero-order valence-electron chi connectivity index (χ0n) is 32.4. The number of benzene rings is 4. The Morgan fingerprint density at radius 2 is 1.68 bits per heavy atom. The van der Waals surface area contributed by atoms with Crippen LogP contribution in [-0.4, -0.2) is 65.7 Å². The molecule has 4 aromatic carbocycles. The van der Waals surface area contributed by atoms with Crippen molar-refractivity contribution in [2.75, 3.05) is 38.8 Å². The third kappa shape index (κ3) is 9.03. The van der Waals surface area contributed by atoms with Crippen molar-refractivity contribution in [3.63, 3.8) is 0 Å². The van der Waals surface area contributed by atoms with E-state index >= 15 is 0 Å². The fraction of sp³-hybridized carbons (Fsp3) is 0.426. The summed E-state index contributed by atoms with van der Waals surface area (Å²) in [6.07, 6.45) is 10.1. The van der Waals surface area contributed by atoms with Crippen LogP contribution < -0.4 is 9.47 Å². The Labute approximate surface area is 340 Å². The van der Waals surface area contributed by atoms with Crippen molar-refractivity contribution < 1.29 is 29.3 Å². The zero-order chi connectivity index (χ0) is 38.7. The van der Waals surface area contributed by atoms with Crippen LogP contribution in [0.2, 0.25) is 0 Å². The van der Waals surface area contributed by atoms with Gasteiger partial charge in [-0.25, -0.2) is 0 Å². The van der Waals surface area contributed by atoms with Crippen LogP contribution in [0.3, 0.4) is 0 Å². The molecule has 1 heterocycles. The molecule has 0 aromatic heterocycles. The maximum Gasteiger partial charge on any atom is 0.231 e. The van der Waals surface area contributed by atoms with Crippen molar-refractivity contribution in [1.82, 2.24) is 0 Å². The number of allylic oxidation sites excluding steroid dienone is 1. The normalized spacial score (nSPS) is 24.5. The Hall–Kier alpha value is -3.73. The lowest BCUT2D eigenvalue weighted by atomic mass is 9.56. The predicted molar refractivity (Wildman–Crippen MR) is 229 cm³/mol. The summed E-state index contributed by atoms with van der Waals surface area (Å²) in [5, 5.41) is 26.8. The topological polar surface area (TPSA) is 89.7 Å². The van der Waals surface area contributed by atoms with E-state index < -0.39 is 5.79 Å². The average molecular weight is 794 g/mol. The molecule has 0 radical (unpaired) electrons. The van der Waals surface area contributed by atoms with Gasteiger partial charge in [0.15, 0.2) is 0 Å². The van der Waals surface area contributed by atoms with E-state index in [-0.39, 0.29) is 42.1 Å². The van der Waals surface area contributed by atoms with E-state index in [0.29, 0.717) is 26.2 Å². The van der Waals surface area contributed by atoms with Crippen molar-refractivity contribution >= 4 is 40.0 Å². The number of aliphatic hydroxyl groups excluding tert-OH is 2. The highest BCUT2D eigenvalue weighted by atomic mass is 32.2. The van der Waals surface area contributed by atoms with Crippen molar-refractivity contribution in [2.24, 2.45) is 22.9 Å². The number of hydrogen-bond acceptors (Lipinski definition) is 9. The second kappa shape index (κ2) is 19.6. The lowest BCUT2D eigenvalue weighted by Crippen LogP contribution is -2.64. The zero-order valence-corrected chi connectivity index (χ0v) is 34.0. The van der Waals surface area contributed by atoms with Gasteiger partial charge in [-0.3, -0.25) is 0 Å². The van der Waals surface area contributed by atoms with Gasteiger partial charge in [0.2, 0.25) is 5.79 Å². The van der Waals surface area contributed by atoms with Gasteiger partial charge in [-0.2, -0.15) is 0 Å². The van der Waals surface area contributed by atoms with Gasteiger partial charge in [-0.1, -0.05) is 78.7 Å². The quantitative estimate of drug-likeness (QED) is 0.0396. The van der Waals surface area contributed by atoms with Crippen LogP contribution in [0, 0.1) is 17.8 Å². The first-order valence-electron chi connectivity index (χ1n) is 20.2. The molecule has 1 aliphatic heterocycles. The molecule has 296 valence electrons. The SMILES string of the molecule is C=CCO[C@@]12Oc3ccc(OCCSc4ccccc4)cc3[C@H]3[C@H](CCCCO)[C@@H](CCCCO)C=C(C(=NOCC)C[C@@H]1Sc1ccc4ccccc4c1)[C@H]32. The molecule has 0 bridgehead atoms. The van der Waals surface area contributed by atoms with E-state index in [4.69, 9.17) is 24.2 Å². The summed E-state index contributed by atoms with van der Waals surface area (Å²) < 4.78 is 20.9. The molecule has 2 N–H and O–H groups in total. The number of nitrogens with zero attached hydrogens (tertiary/aromatic N) is 1. The van der Waals surface area contributed by atoms with E-state index in [1.165, 1.54) is 15.7 Å². The van der Waals surface area contributed by atoms with Gasteiger partial charge in [0.1, 0.15) is 18.1 Å². The molecule has 2 aliphatic carbocycles. The van der Waals surface area contributed by atoms with Crippen molar-refractivity contribution in [2.45, 2.75) is 78.6 Å². The number of ether oxygens (including phenoxy) is 3. The maximum absolute atomic E-state index is 9.92. The van der Waals surface area contributed by atoms with Crippen LogP contribution >= 0.6 is 23.5 Å². The van der Waals surface area contributed by atoms with Crippen LogP contribution in [0.1, 0.15) is 63.4 Å². The molecule has 56 heavy (non-hydrogen) atoms. The molecule has 1 saturated carbocycles. The van der Waals surface area contributed by atoms with Crippen LogP contribution in [0.25, 0.3) is 10.8 Å². The smallest absolute Gasteiger partial charge is 0.231 e. The number of aliphatic hydroxyl groups is 2. The molecule has 6 atom stereocenters. The summed E-state index contributed by atoms with van der Waals surface area (Å²) in [7, 11) is 0. The summed E-state index contributed by atoms with van der Waals surface area (Å²) in [4.78, 5) is 8.25. The van der Waals surface area contributed by atoms with Gasteiger partial charge in [-0.15, -0.1) is 30.1 Å². The molecule has 9 heteroatoms. The summed E-state index contributed by atoms with van der Waals surface area (Å²) in [6, 6.07) is 31.8. The van der Waals surface area contributed by atoms with E-state index in [1.54, 1.807) is 23.5 Å². The fourth-order valence-corrected chi connectivity index (χ4v) is 11.0. The molecule has 7 rings (SSSR count). The molecule has 7 nitrogen and oxygen atoms in total. The van der Waals surface area contributed by atoms with Gasteiger partial charge in [-0.05, 0) is 103 Å². The second-order valence-electron chi connectivity index (χ2n) is 14.8. The van der Waals surface area contributed by atoms with E-state index in [9.17, 15) is 10.2 Å². The van der Waals surface area contributed by atoms with E-state index in [1.807, 2.05) is 25.1 Å². The Kier molecular flexibility index (Phi) is 14.2. The van der Waals surface area contributed by atoms with E-state index in [2.05, 4.69) is 91.5 Å². The van der Waals surface area contributed by atoms with Crippen LogP contribution in [0.5, 0.6) is 11.5 Å². The van der Waals surface area contributed by atoms with Crippen LogP contribution in [-0.2, 0) is 9.57 Å². The predicted octanol–water partition coefficient (Wildman–Crippen LogP) is 10.5. The minimum atomic E-state index is -1.04. The fourth-order valence-electron chi connectivity index (χ4n) is 8.90. The standard InChI is InChI=1S/C47H55NO6S2/c1-3-26-52-47-44(56-38-22-20-33-14-8-9-15-34(33)29-38)32-42(48-53-4-2)40-30-35(16-10-12-24-49)39(19-11-13-25-50)45(46(40)47)41-31-36(21-23-43(41)54-47)51-27-28-55-37-17-6-5-7-18-37/h3,5-9,14-15,17-18,20-23,29-31,35,39,44-46,49-50H,1,4,10-13,16,19,24-28,32H2,2H3/t35-,39+,44-,45+,46+,47+/m0/s1. The number of rotatable bonds is 20. The summed E-state index contributed by atoms with van der Waals surface area (Å²) in [5.74, 6) is 1.69. The van der Waals surface area contributed by atoms with Gasteiger partial charge >= 0.3 is 0 Å². The van der Waals surface area contributed by atoms with E-state index in [0.717, 1.165) is 77.5 Å². The highest BCUT2D eigenvalue weighted by molar-refractivity contribution is 8.00. The molecular weight excluding hydrogens is 739 g/mol. The molecule has 0 saturated heterocycles. The minimum absolute atomic E-state index is 0.00968. The molecule has 4 aromatic rings. The number of oxime groups is 1.